The Bertz CT molecular complexity index is 624. The van der Waals surface area contributed by atoms with Crippen LogP contribution in [0.2, 0.25) is 0 Å². The number of aryl methyl sites for hydroxylation is 1. The number of carboxylic acids is 1. The summed E-state index contributed by atoms with van der Waals surface area (Å²) in [7, 11) is 0. The van der Waals surface area contributed by atoms with Gasteiger partial charge in [-0.2, -0.15) is 5.10 Å². The monoisotopic (exact) mass is 256 g/mol. The average Bonchev–Trinajstić information content (AvgIpc) is 2.67. The van der Waals surface area contributed by atoms with Crippen LogP contribution in [0.25, 0.3) is 5.69 Å². The Hall–Kier alpha value is -2.36. The zero-order valence-corrected chi connectivity index (χ0v) is 11.1. The second-order valence-corrected chi connectivity index (χ2v) is 4.41. The lowest BCUT2D eigenvalue weighted by atomic mass is 10.1. The maximum Gasteiger partial charge on any atom is 0.335 e. The van der Waals surface area contributed by atoms with E-state index in [4.69, 9.17) is 5.11 Å². The standard InChI is InChI=1S/C15H16N2O2/c1-4-5-14-10(2)16-17(11(14)3)13-8-6-12(7-9-13)15(18)19/h4,6-9H,1,5H2,2-3H3,(H,18,19). The predicted molar refractivity (Wildman–Crippen MR) is 73.9 cm³/mol. The molecule has 1 heterocycles. The molecule has 0 saturated carbocycles. The van der Waals surface area contributed by atoms with Crippen molar-refractivity contribution in [2.24, 2.45) is 0 Å². The Balaban J connectivity index is 2.44. The molecule has 98 valence electrons. The molecule has 0 amide bonds. The summed E-state index contributed by atoms with van der Waals surface area (Å²) in [4.78, 5) is 10.8. The molecule has 0 spiro atoms. The molecule has 0 saturated heterocycles. The first-order valence-corrected chi connectivity index (χ1v) is 6.04. The number of aromatic carboxylic acids is 1. The molecular formula is C15H16N2O2. The average molecular weight is 256 g/mol. The number of allylic oxidation sites excluding steroid dienone is 1. The fourth-order valence-electron chi connectivity index (χ4n) is 2.11. The molecule has 1 N–H and O–H groups in total. The van der Waals surface area contributed by atoms with Gasteiger partial charge in [-0.25, -0.2) is 9.48 Å². The lowest BCUT2D eigenvalue weighted by Gasteiger charge is -2.05. The first-order chi connectivity index (χ1) is 9.04. The van der Waals surface area contributed by atoms with E-state index >= 15 is 0 Å². The fourth-order valence-corrected chi connectivity index (χ4v) is 2.11. The number of carboxylic acid groups (broad SMARTS) is 1. The quantitative estimate of drug-likeness (QED) is 0.856. The number of benzene rings is 1. The van der Waals surface area contributed by atoms with Crippen LogP contribution in [0.4, 0.5) is 0 Å². The normalized spacial score (nSPS) is 10.4. The van der Waals surface area contributed by atoms with Crippen molar-refractivity contribution < 1.29 is 9.90 Å². The SMILES string of the molecule is C=CCc1c(C)nn(-c2ccc(C(=O)O)cc2)c1C. The molecule has 0 aliphatic heterocycles. The van der Waals surface area contributed by atoms with Gasteiger partial charge in [0.15, 0.2) is 0 Å². The number of aromatic nitrogens is 2. The Morgan fingerprint density at radius 3 is 2.53 bits per heavy atom. The molecule has 4 heteroatoms. The summed E-state index contributed by atoms with van der Waals surface area (Å²) >= 11 is 0. The van der Waals surface area contributed by atoms with Crippen LogP contribution in [-0.4, -0.2) is 20.9 Å². The summed E-state index contributed by atoms with van der Waals surface area (Å²) < 4.78 is 1.83. The molecule has 4 nitrogen and oxygen atoms in total. The summed E-state index contributed by atoms with van der Waals surface area (Å²) in [5.41, 5.74) is 4.33. The molecule has 2 aromatic rings. The molecule has 0 radical (unpaired) electrons. The Labute approximate surface area is 112 Å². The first-order valence-electron chi connectivity index (χ1n) is 6.04. The number of hydrogen-bond donors (Lipinski definition) is 1. The van der Waals surface area contributed by atoms with Gasteiger partial charge in [-0.3, -0.25) is 0 Å². The van der Waals surface area contributed by atoms with E-state index in [1.54, 1.807) is 24.3 Å². The minimum atomic E-state index is -0.924. The number of nitrogens with zero attached hydrogens (tertiary/aromatic N) is 2. The third-order valence-electron chi connectivity index (χ3n) is 3.15. The zero-order chi connectivity index (χ0) is 14.0. The molecule has 0 fully saturated rings. The van der Waals surface area contributed by atoms with Crippen molar-refractivity contribution in [1.29, 1.82) is 0 Å². The molecule has 1 aromatic heterocycles. The van der Waals surface area contributed by atoms with Crippen molar-refractivity contribution in [3.63, 3.8) is 0 Å². The Morgan fingerprint density at radius 1 is 1.37 bits per heavy atom. The molecule has 1 aromatic carbocycles. The van der Waals surface area contributed by atoms with Crippen molar-refractivity contribution in [1.82, 2.24) is 9.78 Å². The molecule has 0 unspecified atom stereocenters. The van der Waals surface area contributed by atoms with Crippen LogP contribution >= 0.6 is 0 Å². The highest BCUT2D eigenvalue weighted by atomic mass is 16.4. The van der Waals surface area contributed by atoms with E-state index in [0.717, 1.165) is 29.1 Å². The largest absolute Gasteiger partial charge is 0.478 e. The smallest absolute Gasteiger partial charge is 0.335 e. The van der Waals surface area contributed by atoms with Gasteiger partial charge in [0, 0.05) is 11.3 Å². The molecule has 0 atom stereocenters. The highest BCUT2D eigenvalue weighted by Crippen LogP contribution is 2.19. The van der Waals surface area contributed by atoms with Gasteiger partial charge in [0.05, 0.1) is 16.9 Å². The minimum absolute atomic E-state index is 0.275. The van der Waals surface area contributed by atoms with Gasteiger partial charge in [-0.05, 0) is 44.5 Å². The molecule has 0 aliphatic carbocycles. The molecule has 19 heavy (non-hydrogen) atoms. The van der Waals surface area contributed by atoms with Crippen LogP contribution in [0.1, 0.15) is 27.3 Å². The van der Waals surface area contributed by atoms with Crippen molar-refractivity contribution in [3.05, 3.63) is 59.4 Å². The summed E-state index contributed by atoms with van der Waals surface area (Å²) in [6.45, 7) is 7.72. The van der Waals surface area contributed by atoms with E-state index in [-0.39, 0.29) is 5.56 Å². The van der Waals surface area contributed by atoms with Crippen LogP contribution in [0.15, 0.2) is 36.9 Å². The van der Waals surface area contributed by atoms with E-state index in [9.17, 15) is 4.79 Å². The second kappa shape index (κ2) is 5.10. The van der Waals surface area contributed by atoms with Crippen molar-refractivity contribution in [3.8, 4) is 5.69 Å². The molecule has 0 aliphatic rings. The van der Waals surface area contributed by atoms with E-state index < -0.39 is 5.97 Å². The van der Waals surface area contributed by atoms with Crippen LogP contribution < -0.4 is 0 Å². The molecule has 2 rings (SSSR count). The van der Waals surface area contributed by atoms with Crippen molar-refractivity contribution >= 4 is 5.97 Å². The molecule has 0 bridgehead atoms. The lowest BCUT2D eigenvalue weighted by molar-refractivity contribution is 0.0697. The number of rotatable bonds is 4. The van der Waals surface area contributed by atoms with E-state index in [1.165, 1.54) is 0 Å². The van der Waals surface area contributed by atoms with Gasteiger partial charge < -0.3 is 5.11 Å². The van der Waals surface area contributed by atoms with Crippen LogP contribution in [-0.2, 0) is 6.42 Å². The van der Waals surface area contributed by atoms with E-state index in [2.05, 4.69) is 11.7 Å². The summed E-state index contributed by atoms with van der Waals surface area (Å²) in [6, 6.07) is 6.70. The van der Waals surface area contributed by atoms with E-state index in [0.29, 0.717) is 0 Å². The van der Waals surface area contributed by atoms with Crippen LogP contribution in [0.5, 0.6) is 0 Å². The van der Waals surface area contributed by atoms with Crippen molar-refractivity contribution in [2.75, 3.05) is 0 Å². The lowest BCUT2D eigenvalue weighted by Crippen LogP contribution is -2.01. The van der Waals surface area contributed by atoms with Gasteiger partial charge in [0.1, 0.15) is 0 Å². The van der Waals surface area contributed by atoms with Crippen molar-refractivity contribution in [2.45, 2.75) is 20.3 Å². The van der Waals surface area contributed by atoms with Gasteiger partial charge in [-0.15, -0.1) is 6.58 Å². The predicted octanol–water partition coefficient (Wildman–Crippen LogP) is 2.92. The second-order valence-electron chi connectivity index (χ2n) is 4.41. The van der Waals surface area contributed by atoms with E-state index in [1.807, 2.05) is 24.6 Å². The van der Waals surface area contributed by atoms with Gasteiger partial charge in [-0.1, -0.05) is 6.08 Å². The molecular weight excluding hydrogens is 240 g/mol. The Kier molecular flexibility index (Phi) is 3.51. The van der Waals surface area contributed by atoms with Gasteiger partial charge >= 0.3 is 5.97 Å². The topological polar surface area (TPSA) is 55.1 Å². The maximum absolute atomic E-state index is 10.8. The van der Waals surface area contributed by atoms with Crippen LogP contribution in [0, 0.1) is 13.8 Å². The summed E-state index contributed by atoms with van der Waals surface area (Å²) in [5.74, 6) is -0.924. The zero-order valence-electron chi connectivity index (χ0n) is 11.1. The third-order valence-corrected chi connectivity index (χ3v) is 3.15. The fraction of sp³-hybridized carbons (Fsp3) is 0.200. The highest BCUT2D eigenvalue weighted by Gasteiger charge is 2.12. The van der Waals surface area contributed by atoms with Gasteiger partial charge in [0.25, 0.3) is 0 Å². The Morgan fingerprint density at radius 2 is 2.00 bits per heavy atom. The first kappa shape index (κ1) is 13.1. The third kappa shape index (κ3) is 2.42. The van der Waals surface area contributed by atoms with Gasteiger partial charge in [0.2, 0.25) is 0 Å². The highest BCUT2D eigenvalue weighted by molar-refractivity contribution is 5.87. The maximum atomic E-state index is 10.8. The number of carbonyl (C=O) groups is 1. The summed E-state index contributed by atoms with van der Waals surface area (Å²) in [5, 5.41) is 13.4. The van der Waals surface area contributed by atoms with Crippen LogP contribution in [0.3, 0.4) is 0 Å². The minimum Gasteiger partial charge on any atom is -0.478 e. The summed E-state index contributed by atoms with van der Waals surface area (Å²) in [6.07, 6.45) is 2.64. The number of hydrogen-bond acceptors (Lipinski definition) is 2.